The summed E-state index contributed by atoms with van der Waals surface area (Å²) < 4.78 is 37.8. The molecule has 1 heterocycles. The molecule has 1 aliphatic rings. The number of amides is 1. The second-order valence-corrected chi connectivity index (χ2v) is 5.95. The second-order valence-electron chi connectivity index (χ2n) is 4.89. The second kappa shape index (κ2) is 7.70. The van der Waals surface area contributed by atoms with Crippen LogP contribution in [0.3, 0.4) is 0 Å². The molecule has 1 aliphatic heterocycles. The lowest BCUT2D eigenvalue weighted by molar-refractivity contribution is -0.116. The van der Waals surface area contributed by atoms with Crippen molar-refractivity contribution in [2.24, 2.45) is 0 Å². The molecule has 3 nitrogen and oxygen atoms in total. The molecule has 2 rings (SSSR count). The van der Waals surface area contributed by atoms with E-state index in [1.54, 1.807) is 0 Å². The molecule has 0 bridgehead atoms. The molecule has 116 valence electrons. The molecule has 7 heteroatoms. The van der Waals surface area contributed by atoms with Gasteiger partial charge in [-0.2, -0.15) is 0 Å². The van der Waals surface area contributed by atoms with Crippen molar-refractivity contribution < 1.29 is 18.0 Å². The predicted molar refractivity (Wildman–Crippen MR) is 77.4 cm³/mol. The van der Waals surface area contributed by atoms with Crippen LogP contribution >= 0.6 is 11.8 Å². The van der Waals surface area contributed by atoms with Crippen LogP contribution in [-0.4, -0.2) is 30.7 Å². The van der Waals surface area contributed by atoms with Crippen LogP contribution in [0.4, 0.5) is 18.9 Å². The first-order chi connectivity index (χ1) is 10.0. The zero-order valence-corrected chi connectivity index (χ0v) is 12.2. The first-order valence-corrected chi connectivity index (χ1v) is 7.77. The smallest absolute Gasteiger partial charge is 0.247 e. The van der Waals surface area contributed by atoms with Gasteiger partial charge in [-0.3, -0.25) is 4.79 Å². The summed E-state index contributed by atoms with van der Waals surface area (Å²) in [6.07, 6.45) is -0.182. The molecule has 2 N–H and O–H groups in total. The van der Waals surface area contributed by atoms with E-state index < -0.39 is 18.0 Å². The minimum atomic E-state index is -2.45. The van der Waals surface area contributed by atoms with Crippen LogP contribution in [0.25, 0.3) is 0 Å². The van der Waals surface area contributed by atoms with E-state index in [0.717, 1.165) is 37.2 Å². The quantitative estimate of drug-likeness (QED) is 0.791. The Labute approximate surface area is 125 Å². The fraction of sp³-hybridized carbons (Fsp3) is 0.500. The molecule has 0 spiro atoms. The van der Waals surface area contributed by atoms with E-state index >= 15 is 0 Å². The maximum atomic E-state index is 13.3. The van der Waals surface area contributed by atoms with Crippen LogP contribution < -0.4 is 10.6 Å². The van der Waals surface area contributed by atoms with Gasteiger partial charge in [0.05, 0.1) is 11.4 Å². The monoisotopic (exact) mass is 318 g/mol. The van der Waals surface area contributed by atoms with E-state index in [1.807, 2.05) is 0 Å². The average molecular weight is 318 g/mol. The lowest BCUT2D eigenvalue weighted by atomic mass is 10.1. The van der Waals surface area contributed by atoms with Crippen molar-refractivity contribution in [1.82, 2.24) is 5.32 Å². The maximum absolute atomic E-state index is 13.3. The van der Waals surface area contributed by atoms with E-state index in [0.29, 0.717) is 11.3 Å². The van der Waals surface area contributed by atoms with Gasteiger partial charge in [-0.25, -0.2) is 13.2 Å². The Morgan fingerprint density at radius 2 is 2.29 bits per heavy atom. The van der Waals surface area contributed by atoms with Gasteiger partial charge in [0, 0.05) is 17.4 Å². The van der Waals surface area contributed by atoms with Gasteiger partial charge in [-0.05, 0) is 37.6 Å². The molecule has 0 saturated carbocycles. The van der Waals surface area contributed by atoms with Gasteiger partial charge >= 0.3 is 0 Å². The van der Waals surface area contributed by atoms with Crippen molar-refractivity contribution in [2.45, 2.75) is 36.6 Å². The summed E-state index contributed by atoms with van der Waals surface area (Å²) in [6.45, 7) is 0.896. The van der Waals surface area contributed by atoms with E-state index in [9.17, 15) is 18.0 Å². The Bertz CT molecular complexity index is 493. The van der Waals surface area contributed by atoms with Crippen molar-refractivity contribution in [3.8, 4) is 0 Å². The van der Waals surface area contributed by atoms with Crippen LogP contribution in [0.15, 0.2) is 23.1 Å². The number of hydrogen-bond donors (Lipinski definition) is 2. The molecule has 1 atom stereocenters. The number of alkyl halides is 2. The normalized spacial score (nSPS) is 18.2. The van der Waals surface area contributed by atoms with Gasteiger partial charge in [0.25, 0.3) is 0 Å². The average Bonchev–Trinajstić information content (AvgIpc) is 2.90. The number of anilines is 1. The zero-order chi connectivity index (χ0) is 15.2. The van der Waals surface area contributed by atoms with Crippen LogP contribution in [0.1, 0.15) is 19.3 Å². The summed E-state index contributed by atoms with van der Waals surface area (Å²) in [7, 11) is 0. The van der Waals surface area contributed by atoms with Gasteiger partial charge < -0.3 is 10.6 Å². The Hall–Kier alpha value is -1.21. The summed E-state index contributed by atoms with van der Waals surface area (Å²) in [6, 6.07) is 3.90. The van der Waals surface area contributed by atoms with Gasteiger partial charge in [-0.15, -0.1) is 11.8 Å². The first kappa shape index (κ1) is 16.2. The molecule has 1 amide bonds. The highest BCUT2D eigenvalue weighted by molar-refractivity contribution is 7.99. The minimum Gasteiger partial charge on any atom is -0.325 e. The Balaban J connectivity index is 1.99. The van der Waals surface area contributed by atoms with E-state index in [4.69, 9.17) is 0 Å². The number of halogens is 3. The third kappa shape index (κ3) is 5.24. The lowest BCUT2D eigenvalue weighted by Gasteiger charge is -2.13. The van der Waals surface area contributed by atoms with Crippen LogP contribution in [-0.2, 0) is 4.79 Å². The summed E-state index contributed by atoms with van der Waals surface area (Å²) in [4.78, 5) is 12.4. The molecule has 1 fully saturated rings. The summed E-state index contributed by atoms with van der Waals surface area (Å²) >= 11 is 0.902. The van der Waals surface area contributed by atoms with Crippen molar-refractivity contribution in [3.63, 3.8) is 0 Å². The number of nitrogens with one attached hydrogen (secondary N) is 2. The molecule has 1 aromatic rings. The number of carbonyl (C=O) groups excluding carboxylic acids is 1. The predicted octanol–water partition coefficient (Wildman–Crippen LogP) is 3.26. The Morgan fingerprint density at radius 1 is 1.48 bits per heavy atom. The highest BCUT2D eigenvalue weighted by atomic mass is 32.2. The standard InChI is InChI=1S/C14H17F3N2OS/c15-9-3-4-12(21-8-13(16)17)11(6-9)19-14(20)7-10-2-1-5-18-10/h3-4,6,10,13,18H,1-2,5,7-8H2,(H,19,20). The number of benzene rings is 1. The fourth-order valence-electron chi connectivity index (χ4n) is 2.23. The molecule has 1 saturated heterocycles. The Kier molecular flexibility index (Phi) is 5.93. The highest BCUT2D eigenvalue weighted by Gasteiger charge is 2.18. The van der Waals surface area contributed by atoms with Crippen molar-refractivity contribution in [3.05, 3.63) is 24.0 Å². The molecule has 0 aromatic heterocycles. The minimum absolute atomic E-state index is 0.135. The van der Waals surface area contributed by atoms with Crippen LogP contribution in [0.5, 0.6) is 0 Å². The number of hydrogen-bond acceptors (Lipinski definition) is 3. The fourth-order valence-corrected chi connectivity index (χ4v) is 2.97. The third-order valence-electron chi connectivity index (χ3n) is 3.17. The molecule has 21 heavy (non-hydrogen) atoms. The number of carbonyl (C=O) groups is 1. The van der Waals surface area contributed by atoms with E-state index in [2.05, 4.69) is 10.6 Å². The topological polar surface area (TPSA) is 41.1 Å². The van der Waals surface area contributed by atoms with Crippen molar-refractivity contribution in [2.75, 3.05) is 17.6 Å². The van der Waals surface area contributed by atoms with E-state index in [1.165, 1.54) is 12.1 Å². The number of rotatable bonds is 6. The molecular weight excluding hydrogens is 301 g/mol. The van der Waals surface area contributed by atoms with Gasteiger partial charge in [-0.1, -0.05) is 0 Å². The highest BCUT2D eigenvalue weighted by Crippen LogP contribution is 2.29. The third-order valence-corrected chi connectivity index (χ3v) is 4.26. The summed E-state index contributed by atoms with van der Waals surface area (Å²) in [5, 5.41) is 5.82. The zero-order valence-electron chi connectivity index (χ0n) is 11.4. The first-order valence-electron chi connectivity index (χ1n) is 6.78. The number of thioether (sulfide) groups is 1. The largest absolute Gasteiger partial charge is 0.325 e. The molecular formula is C14H17F3N2OS. The van der Waals surface area contributed by atoms with Gasteiger partial charge in [0.2, 0.25) is 12.3 Å². The summed E-state index contributed by atoms with van der Waals surface area (Å²) in [5.74, 6) is -1.14. The van der Waals surface area contributed by atoms with Gasteiger partial charge in [0.15, 0.2) is 0 Å². The van der Waals surface area contributed by atoms with E-state index in [-0.39, 0.29) is 17.6 Å². The van der Waals surface area contributed by atoms with Crippen molar-refractivity contribution >= 4 is 23.4 Å². The molecule has 1 aromatic carbocycles. The lowest BCUT2D eigenvalue weighted by Crippen LogP contribution is -2.27. The summed E-state index contributed by atoms with van der Waals surface area (Å²) in [5.41, 5.74) is 0.253. The van der Waals surface area contributed by atoms with Crippen LogP contribution in [0.2, 0.25) is 0 Å². The maximum Gasteiger partial charge on any atom is 0.247 e. The molecule has 0 aliphatic carbocycles. The molecule has 1 unspecified atom stereocenters. The SMILES string of the molecule is O=C(CC1CCCN1)Nc1cc(F)ccc1SCC(F)F. The van der Waals surface area contributed by atoms with Crippen molar-refractivity contribution in [1.29, 1.82) is 0 Å². The Morgan fingerprint density at radius 3 is 2.95 bits per heavy atom. The van der Waals surface area contributed by atoms with Gasteiger partial charge in [0.1, 0.15) is 5.82 Å². The van der Waals surface area contributed by atoms with Crippen LogP contribution in [0, 0.1) is 5.82 Å². The molecule has 0 radical (unpaired) electrons.